The number of piperidine rings is 1. The van der Waals surface area contributed by atoms with Crippen molar-refractivity contribution in [2.45, 2.75) is 44.2 Å². The van der Waals surface area contributed by atoms with Crippen LogP contribution in [-0.2, 0) is 21.5 Å². The van der Waals surface area contributed by atoms with Crippen LogP contribution in [0.2, 0.25) is 0 Å². The minimum Gasteiger partial charge on any atom is -0.348 e. The Morgan fingerprint density at radius 2 is 1.93 bits per heavy atom. The molecule has 0 unspecified atom stereocenters. The monoisotopic (exact) mass is 381 g/mol. The molecule has 2 amide bonds. The lowest BCUT2D eigenvalue weighted by Crippen LogP contribution is -2.59. The van der Waals surface area contributed by atoms with Gasteiger partial charge in [-0.3, -0.25) is 9.59 Å². The number of benzene rings is 1. The standard InChI is InChI=1S/C21H27N5O2/c1-2-17(27)26-11-8-16-19(24-14-23-16)21(26)9-12-25(13-10-21)20(28)18(22)15-6-4-3-5-7-15/h3-7,14,18H,2,8-13,22H2,1H3,(H,23,24)/t18-/m1/s1. The van der Waals surface area contributed by atoms with E-state index in [1.165, 1.54) is 0 Å². The van der Waals surface area contributed by atoms with E-state index < -0.39 is 11.6 Å². The van der Waals surface area contributed by atoms with E-state index in [4.69, 9.17) is 5.73 Å². The maximum atomic E-state index is 12.9. The summed E-state index contributed by atoms with van der Waals surface area (Å²) in [6.07, 6.45) is 4.36. The maximum absolute atomic E-state index is 12.9. The summed E-state index contributed by atoms with van der Waals surface area (Å²) in [7, 11) is 0. The Labute approximate surface area is 164 Å². The second-order valence-electron chi connectivity index (χ2n) is 7.62. The van der Waals surface area contributed by atoms with Crippen molar-refractivity contribution in [3.8, 4) is 0 Å². The number of rotatable bonds is 3. The molecule has 4 rings (SSSR count). The van der Waals surface area contributed by atoms with E-state index in [9.17, 15) is 9.59 Å². The fourth-order valence-electron chi connectivity index (χ4n) is 4.64. The van der Waals surface area contributed by atoms with Crippen LogP contribution in [0.1, 0.15) is 49.2 Å². The molecule has 28 heavy (non-hydrogen) atoms. The summed E-state index contributed by atoms with van der Waals surface area (Å²) in [5.41, 5.74) is 8.71. The molecular weight excluding hydrogens is 354 g/mol. The topological polar surface area (TPSA) is 95.3 Å². The number of H-pyrrole nitrogens is 1. The van der Waals surface area contributed by atoms with Crippen molar-refractivity contribution in [3.05, 3.63) is 53.6 Å². The number of carbonyl (C=O) groups is 2. The highest BCUT2D eigenvalue weighted by Crippen LogP contribution is 2.42. The van der Waals surface area contributed by atoms with Gasteiger partial charge in [-0.1, -0.05) is 37.3 Å². The van der Waals surface area contributed by atoms with Gasteiger partial charge in [-0.15, -0.1) is 0 Å². The van der Waals surface area contributed by atoms with Crippen molar-refractivity contribution < 1.29 is 9.59 Å². The molecule has 1 aromatic carbocycles. The molecule has 1 fully saturated rings. The van der Waals surface area contributed by atoms with Gasteiger partial charge >= 0.3 is 0 Å². The molecule has 1 spiro atoms. The van der Waals surface area contributed by atoms with Crippen molar-refractivity contribution in [1.82, 2.24) is 19.8 Å². The molecule has 7 heteroatoms. The Kier molecular flexibility index (Phi) is 4.93. The van der Waals surface area contributed by atoms with Crippen LogP contribution in [0.3, 0.4) is 0 Å². The van der Waals surface area contributed by atoms with Crippen molar-refractivity contribution in [2.24, 2.45) is 5.73 Å². The molecule has 0 radical (unpaired) electrons. The Bertz CT molecular complexity index is 855. The fraction of sp³-hybridized carbons (Fsp3) is 0.476. The second kappa shape index (κ2) is 7.39. The van der Waals surface area contributed by atoms with Crippen LogP contribution in [0.4, 0.5) is 0 Å². The van der Waals surface area contributed by atoms with Gasteiger partial charge in [-0.2, -0.15) is 0 Å². The molecule has 0 saturated carbocycles. The smallest absolute Gasteiger partial charge is 0.244 e. The summed E-state index contributed by atoms with van der Waals surface area (Å²) < 4.78 is 0. The molecule has 0 aliphatic carbocycles. The molecule has 7 nitrogen and oxygen atoms in total. The number of hydrogen-bond acceptors (Lipinski definition) is 4. The van der Waals surface area contributed by atoms with Gasteiger partial charge in [0.15, 0.2) is 0 Å². The van der Waals surface area contributed by atoms with Gasteiger partial charge in [0.2, 0.25) is 11.8 Å². The summed E-state index contributed by atoms with van der Waals surface area (Å²) in [6, 6.07) is 8.80. The number of nitrogens with two attached hydrogens (primary N) is 1. The normalized spacial score (nSPS) is 19.4. The molecule has 3 N–H and O–H groups in total. The van der Waals surface area contributed by atoms with E-state index in [0.717, 1.165) is 23.4 Å². The predicted octanol–water partition coefficient (Wildman–Crippen LogP) is 1.72. The molecule has 2 aliphatic rings. The highest BCUT2D eigenvalue weighted by atomic mass is 16.2. The van der Waals surface area contributed by atoms with Crippen LogP contribution in [0, 0.1) is 0 Å². The van der Waals surface area contributed by atoms with Crippen LogP contribution in [-0.4, -0.2) is 51.2 Å². The highest BCUT2D eigenvalue weighted by molar-refractivity contribution is 5.83. The minimum atomic E-state index is -0.657. The first-order valence-corrected chi connectivity index (χ1v) is 9.99. The third kappa shape index (κ3) is 2.99. The van der Waals surface area contributed by atoms with Gasteiger partial charge in [-0.25, -0.2) is 4.98 Å². The van der Waals surface area contributed by atoms with E-state index in [-0.39, 0.29) is 11.8 Å². The van der Waals surface area contributed by atoms with Crippen molar-refractivity contribution >= 4 is 11.8 Å². The number of carbonyl (C=O) groups excluding carboxylic acids is 2. The van der Waals surface area contributed by atoms with E-state index in [1.54, 1.807) is 6.33 Å². The number of nitrogens with one attached hydrogen (secondary N) is 1. The molecule has 2 aliphatic heterocycles. The zero-order valence-corrected chi connectivity index (χ0v) is 16.2. The van der Waals surface area contributed by atoms with Crippen molar-refractivity contribution in [1.29, 1.82) is 0 Å². The number of likely N-dealkylation sites (tertiary alicyclic amines) is 1. The Hall–Kier alpha value is -2.67. The highest BCUT2D eigenvalue weighted by Gasteiger charge is 2.49. The van der Waals surface area contributed by atoms with Crippen molar-refractivity contribution in [3.63, 3.8) is 0 Å². The lowest BCUT2D eigenvalue weighted by molar-refractivity contribution is -0.144. The zero-order valence-electron chi connectivity index (χ0n) is 16.2. The molecule has 1 saturated heterocycles. The van der Waals surface area contributed by atoms with Gasteiger partial charge in [-0.05, 0) is 18.4 Å². The Morgan fingerprint density at radius 1 is 1.21 bits per heavy atom. The Morgan fingerprint density at radius 3 is 2.61 bits per heavy atom. The van der Waals surface area contributed by atoms with Gasteiger partial charge in [0, 0.05) is 38.2 Å². The third-order valence-corrected chi connectivity index (χ3v) is 6.19. The van der Waals surface area contributed by atoms with E-state index >= 15 is 0 Å². The van der Waals surface area contributed by atoms with Crippen molar-refractivity contribution in [2.75, 3.05) is 19.6 Å². The lowest BCUT2D eigenvalue weighted by Gasteiger charge is -2.50. The van der Waals surface area contributed by atoms with Crippen LogP contribution in [0.25, 0.3) is 0 Å². The number of imidazole rings is 1. The summed E-state index contributed by atoms with van der Waals surface area (Å²) in [5, 5.41) is 0. The molecule has 1 aromatic heterocycles. The molecule has 0 bridgehead atoms. The number of aromatic amines is 1. The van der Waals surface area contributed by atoms with Gasteiger partial charge < -0.3 is 20.5 Å². The van der Waals surface area contributed by atoms with Crippen LogP contribution in [0.15, 0.2) is 36.7 Å². The first kappa shape index (κ1) is 18.7. The molecule has 2 aromatic rings. The van der Waals surface area contributed by atoms with Gasteiger partial charge in [0.25, 0.3) is 0 Å². The molecule has 148 valence electrons. The molecule has 1 atom stereocenters. The maximum Gasteiger partial charge on any atom is 0.244 e. The van der Waals surface area contributed by atoms with E-state index in [0.29, 0.717) is 38.9 Å². The quantitative estimate of drug-likeness (QED) is 0.846. The van der Waals surface area contributed by atoms with Crippen LogP contribution in [0.5, 0.6) is 0 Å². The average molecular weight is 381 g/mol. The fourth-order valence-corrected chi connectivity index (χ4v) is 4.64. The van der Waals surface area contributed by atoms with Gasteiger partial charge in [0.05, 0.1) is 17.6 Å². The third-order valence-electron chi connectivity index (χ3n) is 6.19. The second-order valence-corrected chi connectivity index (χ2v) is 7.62. The van der Waals surface area contributed by atoms with Gasteiger partial charge in [0.1, 0.15) is 6.04 Å². The average Bonchev–Trinajstić information content (AvgIpc) is 3.24. The first-order valence-electron chi connectivity index (χ1n) is 9.99. The number of nitrogens with zero attached hydrogens (tertiary/aromatic N) is 3. The summed E-state index contributed by atoms with van der Waals surface area (Å²) in [5.74, 6) is 0.0851. The van der Waals surface area contributed by atoms with Crippen LogP contribution >= 0.6 is 0 Å². The van der Waals surface area contributed by atoms with E-state index in [1.807, 2.05) is 47.1 Å². The lowest BCUT2D eigenvalue weighted by atomic mass is 9.78. The SMILES string of the molecule is CCC(=O)N1CCc2[nH]cnc2C12CCN(C(=O)[C@H](N)c1ccccc1)CC2. The number of aromatic nitrogens is 2. The minimum absolute atomic E-state index is 0.0625. The Balaban J connectivity index is 1.55. The number of hydrogen-bond donors (Lipinski definition) is 2. The summed E-state index contributed by atoms with van der Waals surface area (Å²) >= 11 is 0. The molecular formula is C21H27N5O2. The molecule has 3 heterocycles. The summed E-state index contributed by atoms with van der Waals surface area (Å²) in [6.45, 7) is 3.73. The summed E-state index contributed by atoms with van der Waals surface area (Å²) in [4.78, 5) is 37.2. The zero-order chi connectivity index (χ0) is 19.7. The predicted molar refractivity (Wildman–Crippen MR) is 105 cm³/mol. The number of fused-ring (bicyclic) bond motifs is 2. The van der Waals surface area contributed by atoms with E-state index in [2.05, 4.69) is 9.97 Å². The first-order chi connectivity index (χ1) is 13.6. The van der Waals surface area contributed by atoms with Crippen LogP contribution < -0.4 is 5.73 Å². The largest absolute Gasteiger partial charge is 0.348 e. The number of amides is 2.